The molecule has 1 aromatic carbocycles. The number of aromatic nitrogens is 3. The first-order chi connectivity index (χ1) is 6.34. The number of hydrogen-bond donors (Lipinski definition) is 0. The number of thiazole rings is 1. The summed E-state index contributed by atoms with van der Waals surface area (Å²) in [5.41, 5.74) is 1.02. The zero-order valence-electron chi connectivity index (χ0n) is 6.44. The van der Waals surface area contributed by atoms with Crippen molar-refractivity contribution in [3.63, 3.8) is 0 Å². The first-order valence-corrected chi connectivity index (χ1v) is 4.92. The molecule has 0 spiro atoms. The van der Waals surface area contributed by atoms with Gasteiger partial charge < -0.3 is 0 Å². The summed E-state index contributed by atoms with van der Waals surface area (Å²) in [4.78, 5) is 1.04. The maximum absolute atomic E-state index is 5.89. The number of fused-ring (bicyclic) bond motifs is 3. The molecule has 5 heteroatoms. The fraction of sp³-hybridized carbons (Fsp3) is 0. The fourth-order valence-electron chi connectivity index (χ4n) is 1.32. The molecule has 64 valence electrons. The van der Waals surface area contributed by atoms with Crippen molar-refractivity contribution in [2.24, 2.45) is 0 Å². The quantitative estimate of drug-likeness (QED) is 0.570. The topological polar surface area (TPSA) is 30.2 Å². The first kappa shape index (κ1) is 7.29. The molecular formula is C8H4ClN3S. The van der Waals surface area contributed by atoms with Crippen LogP contribution in [0.4, 0.5) is 0 Å². The van der Waals surface area contributed by atoms with Gasteiger partial charge in [-0.2, -0.15) is 0 Å². The van der Waals surface area contributed by atoms with Crippen molar-refractivity contribution in [2.75, 3.05) is 0 Å². The second-order valence-electron chi connectivity index (χ2n) is 2.70. The zero-order chi connectivity index (χ0) is 8.84. The van der Waals surface area contributed by atoms with E-state index in [2.05, 4.69) is 10.3 Å². The van der Waals surface area contributed by atoms with Gasteiger partial charge in [-0.15, -0.1) is 16.4 Å². The van der Waals surface area contributed by atoms with Crippen LogP contribution in [0.25, 0.3) is 15.0 Å². The van der Waals surface area contributed by atoms with Gasteiger partial charge in [0.2, 0.25) is 0 Å². The summed E-state index contributed by atoms with van der Waals surface area (Å²) in [5, 5.41) is 8.51. The lowest BCUT2D eigenvalue weighted by Crippen LogP contribution is -1.82. The summed E-state index contributed by atoms with van der Waals surface area (Å²) in [5.74, 6) is 0. The molecule has 0 amide bonds. The van der Waals surface area contributed by atoms with E-state index in [0.717, 1.165) is 15.4 Å². The first-order valence-electron chi connectivity index (χ1n) is 3.73. The van der Waals surface area contributed by atoms with Crippen LogP contribution in [0.3, 0.4) is 0 Å². The third kappa shape index (κ3) is 0.959. The summed E-state index contributed by atoms with van der Waals surface area (Å²) >= 11 is 7.54. The Labute approximate surface area is 82.6 Å². The number of rotatable bonds is 0. The highest BCUT2D eigenvalue weighted by molar-refractivity contribution is 7.23. The van der Waals surface area contributed by atoms with E-state index < -0.39 is 0 Å². The summed E-state index contributed by atoms with van der Waals surface area (Å²) < 4.78 is 2.97. The minimum absolute atomic E-state index is 0.725. The number of benzene rings is 1. The van der Waals surface area contributed by atoms with Gasteiger partial charge in [0.05, 0.1) is 16.4 Å². The van der Waals surface area contributed by atoms with E-state index in [1.807, 2.05) is 18.2 Å². The van der Waals surface area contributed by atoms with Crippen LogP contribution in [0.15, 0.2) is 24.4 Å². The average Bonchev–Trinajstić information content (AvgIpc) is 2.64. The second kappa shape index (κ2) is 2.43. The maximum Gasteiger partial charge on any atom is 0.140 e. The van der Waals surface area contributed by atoms with Crippen molar-refractivity contribution in [3.05, 3.63) is 29.4 Å². The van der Waals surface area contributed by atoms with E-state index in [1.54, 1.807) is 22.0 Å². The summed E-state index contributed by atoms with van der Waals surface area (Å²) in [6.07, 6.45) is 1.75. The number of halogens is 1. The van der Waals surface area contributed by atoms with Gasteiger partial charge in [0.25, 0.3) is 0 Å². The van der Waals surface area contributed by atoms with Gasteiger partial charge in [-0.25, -0.2) is 4.52 Å². The Morgan fingerprint density at radius 2 is 2.31 bits per heavy atom. The molecule has 0 saturated heterocycles. The highest BCUT2D eigenvalue weighted by Gasteiger charge is 2.05. The summed E-state index contributed by atoms with van der Waals surface area (Å²) in [6, 6.07) is 5.78. The Kier molecular flexibility index (Phi) is 1.36. The zero-order valence-corrected chi connectivity index (χ0v) is 8.01. The third-order valence-electron chi connectivity index (χ3n) is 1.88. The Balaban J connectivity index is 2.61. The second-order valence-corrected chi connectivity index (χ2v) is 4.20. The predicted molar refractivity (Wildman–Crippen MR) is 53.4 cm³/mol. The molecule has 3 aromatic rings. The van der Waals surface area contributed by atoms with E-state index in [9.17, 15) is 0 Å². The molecule has 0 unspecified atom stereocenters. The Morgan fingerprint density at radius 3 is 3.23 bits per heavy atom. The molecule has 0 aliphatic carbocycles. The van der Waals surface area contributed by atoms with Gasteiger partial charge in [0.15, 0.2) is 0 Å². The molecule has 0 radical (unpaired) electrons. The lowest BCUT2D eigenvalue weighted by atomic mass is 10.3. The molecule has 0 aliphatic rings. The monoisotopic (exact) mass is 209 g/mol. The lowest BCUT2D eigenvalue weighted by molar-refractivity contribution is 0.887. The van der Waals surface area contributed by atoms with Gasteiger partial charge in [-0.1, -0.05) is 16.8 Å². The van der Waals surface area contributed by atoms with E-state index in [-0.39, 0.29) is 0 Å². The summed E-state index contributed by atoms with van der Waals surface area (Å²) in [6.45, 7) is 0. The Morgan fingerprint density at radius 1 is 1.38 bits per heavy atom. The molecule has 2 heterocycles. The molecule has 3 nitrogen and oxygen atoms in total. The van der Waals surface area contributed by atoms with Crippen LogP contribution >= 0.6 is 22.9 Å². The molecular weight excluding hydrogens is 206 g/mol. The van der Waals surface area contributed by atoms with Gasteiger partial charge >= 0.3 is 0 Å². The van der Waals surface area contributed by atoms with Crippen molar-refractivity contribution < 1.29 is 0 Å². The smallest absolute Gasteiger partial charge is 0.140 e. The minimum atomic E-state index is 0.725. The van der Waals surface area contributed by atoms with Gasteiger partial charge in [-0.05, 0) is 18.2 Å². The van der Waals surface area contributed by atoms with Gasteiger partial charge in [0.1, 0.15) is 4.83 Å². The van der Waals surface area contributed by atoms with E-state index >= 15 is 0 Å². The van der Waals surface area contributed by atoms with Crippen LogP contribution in [-0.2, 0) is 0 Å². The van der Waals surface area contributed by atoms with Crippen LogP contribution in [-0.4, -0.2) is 14.8 Å². The normalized spacial score (nSPS) is 11.5. The Bertz CT molecular complexity index is 583. The molecule has 2 aromatic heterocycles. The van der Waals surface area contributed by atoms with Crippen molar-refractivity contribution in [1.82, 2.24) is 14.8 Å². The molecule has 0 saturated carbocycles. The molecule has 3 rings (SSSR count). The van der Waals surface area contributed by atoms with Crippen LogP contribution in [0, 0.1) is 0 Å². The molecule has 0 N–H and O–H groups in total. The van der Waals surface area contributed by atoms with E-state index in [4.69, 9.17) is 11.6 Å². The van der Waals surface area contributed by atoms with Crippen LogP contribution in [0.5, 0.6) is 0 Å². The third-order valence-corrected chi connectivity index (χ3v) is 3.17. The van der Waals surface area contributed by atoms with Crippen LogP contribution in [0.2, 0.25) is 5.02 Å². The lowest BCUT2D eigenvalue weighted by Gasteiger charge is -1.89. The average molecular weight is 210 g/mol. The van der Waals surface area contributed by atoms with E-state index in [1.165, 1.54) is 4.70 Å². The van der Waals surface area contributed by atoms with Crippen molar-refractivity contribution in [1.29, 1.82) is 0 Å². The molecule has 0 bridgehead atoms. The van der Waals surface area contributed by atoms with Gasteiger partial charge in [-0.3, -0.25) is 0 Å². The summed E-state index contributed by atoms with van der Waals surface area (Å²) in [7, 11) is 0. The standard InChI is InChI=1S/C8H4ClN3S/c9-5-1-2-7-6(3-5)12-8(13-7)4-10-11-12/h1-4H. The SMILES string of the molecule is Clc1ccc2sc3cnnn3c2c1. The van der Waals surface area contributed by atoms with Crippen molar-refractivity contribution >= 4 is 38.0 Å². The van der Waals surface area contributed by atoms with Crippen LogP contribution < -0.4 is 0 Å². The largest absolute Gasteiger partial charge is 0.202 e. The predicted octanol–water partition coefficient (Wildman–Crippen LogP) is 2.60. The maximum atomic E-state index is 5.89. The van der Waals surface area contributed by atoms with Crippen LogP contribution in [0.1, 0.15) is 0 Å². The molecule has 0 fully saturated rings. The Hall–Kier alpha value is -1.13. The molecule has 0 atom stereocenters. The fourth-order valence-corrected chi connectivity index (χ4v) is 2.42. The minimum Gasteiger partial charge on any atom is -0.202 e. The number of nitrogens with zero attached hydrogens (tertiary/aromatic N) is 3. The van der Waals surface area contributed by atoms with Gasteiger partial charge in [0, 0.05) is 5.02 Å². The van der Waals surface area contributed by atoms with Crippen molar-refractivity contribution in [2.45, 2.75) is 0 Å². The molecule has 0 aliphatic heterocycles. The van der Waals surface area contributed by atoms with E-state index in [0.29, 0.717) is 0 Å². The number of hydrogen-bond acceptors (Lipinski definition) is 3. The highest BCUT2D eigenvalue weighted by Crippen LogP contribution is 2.27. The van der Waals surface area contributed by atoms with Crippen molar-refractivity contribution in [3.8, 4) is 0 Å². The molecule has 13 heavy (non-hydrogen) atoms. The highest BCUT2D eigenvalue weighted by atomic mass is 35.5.